The number of carbonyl (C=O) groups excluding carboxylic acids is 1. The lowest BCUT2D eigenvalue weighted by atomic mass is 9.94. The summed E-state index contributed by atoms with van der Waals surface area (Å²) in [6, 6.07) is 18.0. The highest BCUT2D eigenvalue weighted by Gasteiger charge is 2.30. The van der Waals surface area contributed by atoms with Crippen molar-refractivity contribution >= 4 is 23.3 Å². The number of nitrogens with one attached hydrogen (secondary N) is 2. The van der Waals surface area contributed by atoms with E-state index in [9.17, 15) is 4.79 Å². The molecule has 25 heavy (non-hydrogen) atoms. The molecule has 2 aromatic carbocycles. The third-order valence-electron chi connectivity index (χ3n) is 4.12. The van der Waals surface area contributed by atoms with Crippen LogP contribution in [0.5, 0.6) is 0 Å². The molecule has 1 aliphatic rings. The summed E-state index contributed by atoms with van der Waals surface area (Å²) in [5.74, 6) is -0.334. The van der Waals surface area contributed by atoms with E-state index in [2.05, 4.69) is 34.9 Å². The Kier molecular flexibility index (Phi) is 5.14. The Labute approximate surface area is 152 Å². The summed E-state index contributed by atoms with van der Waals surface area (Å²) in [5.41, 5.74) is 4.52. The van der Waals surface area contributed by atoms with E-state index in [4.69, 9.17) is 17.0 Å². The van der Waals surface area contributed by atoms with Crippen LogP contribution >= 0.6 is 12.2 Å². The van der Waals surface area contributed by atoms with Gasteiger partial charge in [0.1, 0.15) is 0 Å². The topological polar surface area (TPSA) is 50.4 Å². The zero-order chi connectivity index (χ0) is 17.8. The second-order valence-electron chi connectivity index (χ2n) is 5.78. The Hall–Kier alpha value is -2.66. The molecule has 0 bridgehead atoms. The molecule has 2 aromatic rings. The van der Waals surface area contributed by atoms with Crippen molar-refractivity contribution in [3.8, 4) is 11.1 Å². The first kappa shape index (κ1) is 17.2. The normalized spacial score (nSPS) is 16.9. The van der Waals surface area contributed by atoms with Crippen LogP contribution in [0.15, 0.2) is 65.9 Å². The van der Waals surface area contributed by atoms with Crippen LogP contribution in [0.25, 0.3) is 11.1 Å². The molecule has 0 saturated carbocycles. The predicted molar refractivity (Wildman–Crippen MR) is 103 cm³/mol. The highest BCUT2D eigenvalue weighted by Crippen LogP contribution is 2.29. The summed E-state index contributed by atoms with van der Waals surface area (Å²) in [6.07, 6.45) is 0. The van der Waals surface area contributed by atoms with Gasteiger partial charge in [-0.05, 0) is 42.8 Å². The van der Waals surface area contributed by atoms with Crippen molar-refractivity contribution in [3.63, 3.8) is 0 Å². The van der Waals surface area contributed by atoms with Gasteiger partial charge in [-0.1, -0.05) is 54.6 Å². The first-order valence-electron chi connectivity index (χ1n) is 8.21. The van der Waals surface area contributed by atoms with Crippen LogP contribution in [0.2, 0.25) is 0 Å². The fourth-order valence-electron chi connectivity index (χ4n) is 2.92. The standard InChI is InChI=1S/C20H20N2O2S/c1-3-24-19(23)17-13(2)21-20(25)22-18(17)16-11-9-15(10-12-16)14-7-5-4-6-8-14/h4-12,18H,3H2,1-2H3,(H2,21,22,25). The first-order valence-corrected chi connectivity index (χ1v) is 8.61. The SMILES string of the molecule is CCOC(=O)C1=C(C)NC(=S)NC1c1ccc(-c2ccccc2)cc1. The van der Waals surface area contributed by atoms with Gasteiger partial charge in [0.25, 0.3) is 0 Å². The lowest BCUT2D eigenvalue weighted by Crippen LogP contribution is -2.45. The molecule has 1 heterocycles. The lowest BCUT2D eigenvalue weighted by molar-refractivity contribution is -0.139. The second-order valence-corrected chi connectivity index (χ2v) is 6.19. The predicted octanol–water partition coefficient (Wildman–Crippen LogP) is 3.71. The lowest BCUT2D eigenvalue weighted by Gasteiger charge is -2.29. The van der Waals surface area contributed by atoms with Gasteiger partial charge in [0, 0.05) is 5.70 Å². The van der Waals surface area contributed by atoms with E-state index in [1.165, 1.54) is 0 Å². The average Bonchev–Trinajstić information content (AvgIpc) is 2.62. The molecule has 4 nitrogen and oxygen atoms in total. The van der Waals surface area contributed by atoms with Gasteiger partial charge in [-0.3, -0.25) is 0 Å². The van der Waals surface area contributed by atoms with E-state index in [1.54, 1.807) is 6.92 Å². The summed E-state index contributed by atoms with van der Waals surface area (Å²) >= 11 is 5.26. The van der Waals surface area contributed by atoms with Crippen molar-refractivity contribution in [3.05, 3.63) is 71.4 Å². The zero-order valence-electron chi connectivity index (χ0n) is 14.2. The van der Waals surface area contributed by atoms with Crippen molar-refractivity contribution in [1.82, 2.24) is 10.6 Å². The molecule has 1 unspecified atom stereocenters. The minimum atomic E-state index is -0.334. The third kappa shape index (κ3) is 3.72. The molecule has 5 heteroatoms. The highest BCUT2D eigenvalue weighted by molar-refractivity contribution is 7.80. The van der Waals surface area contributed by atoms with Gasteiger partial charge in [0.2, 0.25) is 0 Å². The van der Waals surface area contributed by atoms with Gasteiger partial charge >= 0.3 is 5.97 Å². The monoisotopic (exact) mass is 352 g/mol. The highest BCUT2D eigenvalue weighted by atomic mass is 32.1. The van der Waals surface area contributed by atoms with Gasteiger partial charge in [0.15, 0.2) is 5.11 Å². The number of benzene rings is 2. The van der Waals surface area contributed by atoms with E-state index in [1.807, 2.05) is 37.3 Å². The maximum Gasteiger partial charge on any atom is 0.338 e. The number of ether oxygens (including phenoxy) is 1. The number of hydrogen-bond acceptors (Lipinski definition) is 3. The van der Waals surface area contributed by atoms with E-state index in [0.717, 1.165) is 22.4 Å². The van der Waals surface area contributed by atoms with Gasteiger partial charge in [0.05, 0.1) is 18.2 Å². The smallest absolute Gasteiger partial charge is 0.338 e. The molecule has 1 aliphatic heterocycles. The fourth-order valence-corrected chi connectivity index (χ4v) is 3.19. The Balaban J connectivity index is 1.94. The van der Waals surface area contributed by atoms with Crippen LogP contribution in [0.1, 0.15) is 25.5 Å². The third-order valence-corrected chi connectivity index (χ3v) is 4.34. The number of allylic oxidation sites excluding steroid dienone is 1. The molecule has 128 valence electrons. The molecule has 0 saturated heterocycles. The van der Waals surface area contributed by atoms with Crippen molar-refractivity contribution < 1.29 is 9.53 Å². The Morgan fingerprint density at radius 1 is 1.08 bits per heavy atom. The molecule has 0 radical (unpaired) electrons. The number of esters is 1. The number of hydrogen-bond donors (Lipinski definition) is 2. The maximum absolute atomic E-state index is 12.4. The van der Waals surface area contributed by atoms with Gasteiger partial charge in [-0.15, -0.1) is 0 Å². The second kappa shape index (κ2) is 7.49. The molecular formula is C20H20N2O2S. The average molecular weight is 352 g/mol. The summed E-state index contributed by atoms with van der Waals surface area (Å²) in [6.45, 7) is 3.97. The number of thiocarbonyl (C=S) groups is 1. The quantitative estimate of drug-likeness (QED) is 0.649. The molecule has 3 rings (SSSR count). The first-order chi connectivity index (χ1) is 12.1. The van der Waals surface area contributed by atoms with Crippen LogP contribution in [0, 0.1) is 0 Å². The number of carbonyl (C=O) groups is 1. The summed E-state index contributed by atoms with van der Waals surface area (Å²) in [5, 5.41) is 6.68. The minimum Gasteiger partial charge on any atom is -0.463 e. The van der Waals surface area contributed by atoms with E-state index in [-0.39, 0.29) is 12.0 Å². The van der Waals surface area contributed by atoms with Crippen molar-refractivity contribution in [2.75, 3.05) is 6.61 Å². The van der Waals surface area contributed by atoms with Gasteiger partial charge in [-0.2, -0.15) is 0 Å². The molecule has 0 spiro atoms. The van der Waals surface area contributed by atoms with Crippen LogP contribution in [0.3, 0.4) is 0 Å². The Morgan fingerprint density at radius 3 is 2.36 bits per heavy atom. The minimum absolute atomic E-state index is 0.322. The molecule has 0 amide bonds. The molecule has 0 aliphatic carbocycles. The maximum atomic E-state index is 12.4. The molecule has 1 atom stereocenters. The van der Waals surface area contributed by atoms with Crippen LogP contribution < -0.4 is 10.6 Å². The zero-order valence-corrected chi connectivity index (χ0v) is 15.0. The van der Waals surface area contributed by atoms with Crippen molar-refractivity contribution in [2.24, 2.45) is 0 Å². The van der Waals surface area contributed by atoms with Crippen LogP contribution in [-0.4, -0.2) is 17.7 Å². The summed E-state index contributed by atoms with van der Waals surface area (Å²) in [7, 11) is 0. The summed E-state index contributed by atoms with van der Waals surface area (Å²) in [4.78, 5) is 12.4. The van der Waals surface area contributed by atoms with E-state index < -0.39 is 0 Å². The summed E-state index contributed by atoms with van der Waals surface area (Å²) < 4.78 is 5.21. The van der Waals surface area contributed by atoms with Gasteiger partial charge in [-0.25, -0.2) is 4.79 Å². The number of rotatable bonds is 4. The molecular weight excluding hydrogens is 332 g/mol. The van der Waals surface area contributed by atoms with Crippen molar-refractivity contribution in [1.29, 1.82) is 0 Å². The Bertz CT molecular complexity index is 813. The van der Waals surface area contributed by atoms with Gasteiger partial charge < -0.3 is 15.4 Å². The largest absolute Gasteiger partial charge is 0.463 e. The molecule has 0 aromatic heterocycles. The molecule has 2 N–H and O–H groups in total. The van der Waals surface area contributed by atoms with E-state index in [0.29, 0.717) is 17.3 Å². The Morgan fingerprint density at radius 2 is 1.72 bits per heavy atom. The molecule has 0 fully saturated rings. The van der Waals surface area contributed by atoms with Crippen LogP contribution in [-0.2, 0) is 9.53 Å². The van der Waals surface area contributed by atoms with E-state index >= 15 is 0 Å². The van der Waals surface area contributed by atoms with Crippen LogP contribution in [0.4, 0.5) is 0 Å². The van der Waals surface area contributed by atoms with Crippen molar-refractivity contribution in [2.45, 2.75) is 19.9 Å². The fraction of sp³-hybridized carbons (Fsp3) is 0.200.